The van der Waals surface area contributed by atoms with Crippen LogP contribution >= 0.6 is 27.3 Å². The molecule has 0 bridgehead atoms. The molecule has 0 aliphatic carbocycles. The van der Waals surface area contributed by atoms with Crippen molar-refractivity contribution in [3.05, 3.63) is 22.4 Å². The van der Waals surface area contributed by atoms with Gasteiger partial charge in [-0.05, 0) is 44.7 Å². The molecule has 3 heteroatoms. The van der Waals surface area contributed by atoms with E-state index in [1.807, 2.05) is 11.3 Å². The molecule has 0 saturated carbocycles. The summed E-state index contributed by atoms with van der Waals surface area (Å²) >= 11 is 5.37. The molecule has 0 aliphatic rings. The largest absolute Gasteiger partial charge is 0.296 e. The quantitative estimate of drug-likeness (QED) is 0.322. The minimum Gasteiger partial charge on any atom is -0.296 e. The smallest absolute Gasteiger partial charge is 0.0330 e. The predicted molar refractivity (Wildman–Crippen MR) is 96.0 cm³/mol. The lowest BCUT2D eigenvalue weighted by Crippen LogP contribution is -2.31. The van der Waals surface area contributed by atoms with E-state index in [1.165, 1.54) is 61.7 Å². The van der Waals surface area contributed by atoms with Crippen molar-refractivity contribution in [3.63, 3.8) is 0 Å². The van der Waals surface area contributed by atoms with Crippen LogP contribution in [-0.2, 0) is 6.54 Å². The van der Waals surface area contributed by atoms with Gasteiger partial charge in [-0.2, -0.15) is 0 Å². The van der Waals surface area contributed by atoms with Gasteiger partial charge in [0.2, 0.25) is 0 Å². The van der Waals surface area contributed by atoms with Crippen molar-refractivity contribution in [1.82, 2.24) is 4.90 Å². The Bertz CT molecular complexity index is 311. The summed E-state index contributed by atoms with van der Waals surface area (Å²) in [5.74, 6) is 0. The van der Waals surface area contributed by atoms with Crippen molar-refractivity contribution < 1.29 is 0 Å². The predicted octanol–water partition coefficient (Wildman–Crippen LogP) is 6.08. The van der Waals surface area contributed by atoms with Crippen LogP contribution in [0.3, 0.4) is 0 Å². The average molecular weight is 360 g/mol. The second kappa shape index (κ2) is 11.8. The molecule has 1 rings (SSSR count). The summed E-state index contributed by atoms with van der Waals surface area (Å²) in [6.07, 6.45) is 9.70. The Kier molecular flexibility index (Phi) is 10.7. The first-order valence-corrected chi connectivity index (χ1v) is 10.1. The fourth-order valence-electron chi connectivity index (χ4n) is 2.42. The third-order valence-corrected chi connectivity index (χ3v) is 5.17. The Balaban J connectivity index is 2.07. The highest BCUT2D eigenvalue weighted by Gasteiger charge is 2.10. The Morgan fingerprint density at radius 3 is 2.25 bits per heavy atom. The second-order valence-electron chi connectivity index (χ2n) is 5.81. The van der Waals surface area contributed by atoms with Gasteiger partial charge in [-0.15, -0.1) is 11.3 Å². The summed E-state index contributed by atoms with van der Waals surface area (Å²) in [4.78, 5) is 4.10. The molecule has 0 unspecified atom stereocenters. The van der Waals surface area contributed by atoms with Gasteiger partial charge in [0.25, 0.3) is 0 Å². The highest BCUT2D eigenvalue weighted by Crippen LogP contribution is 2.15. The highest BCUT2D eigenvalue weighted by molar-refractivity contribution is 9.09. The van der Waals surface area contributed by atoms with Gasteiger partial charge in [-0.25, -0.2) is 0 Å². The SMILES string of the molecule is CC(C)N(CCCCCCCCCBr)Cc1cccs1. The number of halogens is 1. The van der Waals surface area contributed by atoms with E-state index >= 15 is 0 Å². The Hall–Kier alpha value is 0.140. The van der Waals surface area contributed by atoms with E-state index in [-0.39, 0.29) is 0 Å². The molecule has 0 saturated heterocycles. The fraction of sp³-hybridized carbons (Fsp3) is 0.765. The Morgan fingerprint density at radius 2 is 1.70 bits per heavy atom. The van der Waals surface area contributed by atoms with Crippen molar-refractivity contribution in [3.8, 4) is 0 Å². The summed E-state index contributed by atoms with van der Waals surface area (Å²) in [5, 5.41) is 3.35. The maximum atomic E-state index is 3.49. The Morgan fingerprint density at radius 1 is 1.05 bits per heavy atom. The number of thiophene rings is 1. The molecular formula is C17H30BrNS. The number of alkyl halides is 1. The van der Waals surface area contributed by atoms with Crippen LogP contribution in [0.25, 0.3) is 0 Å². The van der Waals surface area contributed by atoms with Crippen LogP contribution < -0.4 is 0 Å². The van der Waals surface area contributed by atoms with Crippen LogP contribution in [0, 0.1) is 0 Å². The van der Waals surface area contributed by atoms with E-state index in [2.05, 4.69) is 52.2 Å². The number of rotatable bonds is 12. The molecule has 1 nitrogen and oxygen atoms in total. The van der Waals surface area contributed by atoms with Crippen molar-refractivity contribution in [2.45, 2.75) is 71.4 Å². The van der Waals surface area contributed by atoms with Crippen LogP contribution in [-0.4, -0.2) is 22.8 Å². The monoisotopic (exact) mass is 359 g/mol. The molecule has 116 valence electrons. The van der Waals surface area contributed by atoms with Gasteiger partial charge in [0.05, 0.1) is 0 Å². The molecule has 1 aromatic rings. The zero-order chi connectivity index (χ0) is 14.6. The first-order valence-electron chi connectivity index (χ1n) is 8.06. The van der Waals surface area contributed by atoms with Crippen molar-refractivity contribution >= 4 is 27.3 Å². The topological polar surface area (TPSA) is 3.24 Å². The summed E-state index contributed by atoms with van der Waals surface area (Å²) in [6, 6.07) is 5.06. The standard InChI is InChI=1S/C17H30BrNS/c1-16(2)19(15-17-11-10-14-20-17)13-9-7-5-3-4-6-8-12-18/h10-11,14,16H,3-9,12-13,15H2,1-2H3. The zero-order valence-electron chi connectivity index (χ0n) is 13.1. The lowest BCUT2D eigenvalue weighted by atomic mass is 10.1. The number of hydrogen-bond acceptors (Lipinski definition) is 2. The number of nitrogens with zero attached hydrogens (tertiary/aromatic N) is 1. The van der Waals surface area contributed by atoms with Crippen molar-refractivity contribution in [2.24, 2.45) is 0 Å². The Labute approximate surface area is 137 Å². The van der Waals surface area contributed by atoms with E-state index < -0.39 is 0 Å². The zero-order valence-corrected chi connectivity index (χ0v) is 15.5. The van der Waals surface area contributed by atoms with E-state index in [9.17, 15) is 0 Å². The molecule has 0 amide bonds. The lowest BCUT2D eigenvalue weighted by molar-refractivity contribution is 0.209. The third kappa shape index (κ3) is 8.43. The molecule has 1 aromatic heterocycles. The highest BCUT2D eigenvalue weighted by atomic mass is 79.9. The molecule has 20 heavy (non-hydrogen) atoms. The lowest BCUT2D eigenvalue weighted by Gasteiger charge is -2.25. The van der Waals surface area contributed by atoms with Gasteiger partial charge in [0, 0.05) is 22.8 Å². The number of hydrogen-bond donors (Lipinski definition) is 0. The molecule has 0 atom stereocenters. The molecule has 0 radical (unpaired) electrons. The van der Waals surface area contributed by atoms with Crippen LogP contribution in [0.4, 0.5) is 0 Å². The minimum atomic E-state index is 0.649. The van der Waals surface area contributed by atoms with Gasteiger partial charge in [0.1, 0.15) is 0 Å². The molecule has 0 spiro atoms. The van der Waals surface area contributed by atoms with Crippen LogP contribution in [0.1, 0.15) is 63.7 Å². The summed E-state index contributed by atoms with van der Waals surface area (Å²) < 4.78 is 0. The van der Waals surface area contributed by atoms with Crippen LogP contribution in [0.5, 0.6) is 0 Å². The maximum absolute atomic E-state index is 3.49. The van der Waals surface area contributed by atoms with Gasteiger partial charge in [-0.3, -0.25) is 4.90 Å². The summed E-state index contributed by atoms with van der Waals surface area (Å²) in [5.41, 5.74) is 0. The van der Waals surface area contributed by atoms with Crippen molar-refractivity contribution in [1.29, 1.82) is 0 Å². The first-order chi connectivity index (χ1) is 9.74. The van der Waals surface area contributed by atoms with Crippen LogP contribution in [0.2, 0.25) is 0 Å². The van der Waals surface area contributed by atoms with Gasteiger partial charge < -0.3 is 0 Å². The summed E-state index contributed by atoms with van der Waals surface area (Å²) in [6.45, 7) is 7.00. The molecule has 0 fully saturated rings. The van der Waals surface area contributed by atoms with Gasteiger partial charge >= 0.3 is 0 Å². The first kappa shape index (κ1) is 18.2. The molecule has 0 N–H and O–H groups in total. The minimum absolute atomic E-state index is 0.649. The van der Waals surface area contributed by atoms with Crippen LogP contribution in [0.15, 0.2) is 17.5 Å². The number of unbranched alkanes of at least 4 members (excludes halogenated alkanes) is 6. The van der Waals surface area contributed by atoms with Crippen molar-refractivity contribution in [2.75, 3.05) is 11.9 Å². The fourth-order valence-corrected chi connectivity index (χ4v) is 3.54. The van der Waals surface area contributed by atoms with Gasteiger partial charge in [0.15, 0.2) is 0 Å². The second-order valence-corrected chi connectivity index (χ2v) is 7.63. The van der Waals surface area contributed by atoms with E-state index in [0.717, 1.165) is 6.54 Å². The van der Waals surface area contributed by atoms with E-state index in [4.69, 9.17) is 0 Å². The average Bonchev–Trinajstić information content (AvgIpc) is 2.93. The van der Waals surface area contributed by atoms with E-state index in [0.29, 0.717) is 6.04 Å². The molecular weight excluding hydrogens is 330 g/mol. The summed E-state index contributed by atoms with van der Waals surface area (Å²) in [7, 11) is 0. The third-order valence-electron chi connectivity index (χ3n) is 3.75. The molecule has 1 heterocycles. The van der Waals surface area contributed by atoms with Gasteiger partial charge in [-0.1, -0.05) is 54.1 Å². The van der Waals surface area contributed by atoms with E-state index in [1.54, 1.807) is 0 Å². The normalized spacial score (nSPS) is 11.7. The molecule has 0 aromatic carbocycles. The molecule has 0 aliphatic heterocycles. The maximum Gasteiger partial charge on any atom is 0.0330 e.